The maximum absolute atomic E-state index is 12.6. The summed E-state index contributed by atoms with van der Waals surface area (Å²) in [6.45, 7) is 9.52. The average molecular weight is 759 g/mol. The molecule has 0 atom stereocenters. The number of aryl methyl sites for hydroxylation is 3. The fraction of sp³-hybridized carbons (Fsp3) is 0.438. The molecule has 13 nitrogen and oxygen atoms in total. The Bertz CT molecular complexity index is 2000. The van der Waals surface area contributed by atoms with Crippen molar-refractivity contribution >= 4 is 77.9 Å². The summed E-state index contributed by atoms with van der Waals surface area (Å²) >= 11 is 13.0. The Kier molecular flexibility index (Phi) is 12.8. The first kappa shape index (κ1) is 38.6. The van der Waals surface area contributed by atoms with Gasteiger partial charge >= 0.3 is 5.97 Å². The summed E-state index contributed by atoms with van der Waals surface area (Å²) in [5.74, 6) is 0.108. The molecule has 1 aliphatic rings. The monoisotopic (exact) mass is 757 g/mol. The van der Waals surface area contributed by atoms with Crippen LogP contribution in [0.3, 0.4) is 0 Å². The van der Waals surface area contributed by atoms with E-state index in [-0.39, 0.29) is 42.3 Å². The molecule has 0 saturated carbocycles. The molecule has 1 aromatic heterocycles. The van der Waals surface area contributed by atoms with Gasteiger partial charge in [-0.25, -0.2) is 22.3 Å². The second kappa shape index (κ2) is 16.2. The fourth-order valence-corrected chi connectivity index (χ4v) is 7.57. The third kappa shape index (κ3) is 8.95. The van der Waals surface area contributed by atoms with Crippen LogP contribution in [-0.4, -0.2) is 70.2 Å². The molecule has 0 aliphatic carbocycles. The minimum atomic E-state index is -4.40. The van der Waals surface area contributed by atoms with Gasteiger partial charge in [0.1, 0.15) is 5.82 Å². The van der Waals surface area contributed by atoms with E-state index in [4.69, 9.17) is 32.2 Å². The second-order valence-corrected chi connectivity index (χ2v) is 15.3. The van der Waals surface area contributed by atoms with Crippen LogP contribution in [0.15, 0.2) is 42.2 Å². The molecule has 0 fully saturated rings. The van der Waals surface area contributed by atoms with Crippen LogP contribution in [0.5, 0.6) is 0 Å². The van der Waals surface area contributed by atoms with Gasteiger partial charge in [0.2, 0.25) is 0 Å². The van der Waals surface area contributed by atoms with Gasteiger partial charge in [0.15, 0.2) is 11.0 Å². The number of rotatable bonds is 16. The van der Waals surface area contributed by atoms with Crippen LogP contribution in [0, 0.1) is 6.92 Å². The van der Waals surface area contributed by atoms with Crippen molar-refractivity contribution in [3.05, 3.63) is 69.2 Å². The van der Waals surface area contributed by atoms with E-state index in [0.717, 1.165) is 28.3 Å². The van der Waals surface area contributed by atoms with Gasteiger partial charge in [-0.1, -0.05) is 36.2 Å². The highest BCUT2D eigenvalue weighted by atomic mass is 35.5. The minimum absolute atomic E-state index is 0.124. The zero-order chi connectivity index (χ0) is 36.1. The number of carbonyl (C=O) groups excluding carboxylic acids is 1. The van der Waals surface area contributed by atoms with Gasteiger partial charge in [-0.2, -0.15) is 18.2 Å². The summed E-state index contributed by atoms with van der Waals surface area (Å²) in [7, 11) is -6.96. The smallest absolute Gasteiger partial charge is 0.339 e. The van der Waals surface area contributed by atoms with Gasteiger partial charge in [-0.05, 0) is 51.0 Å². The molecule has 0 bridgehead atoms. The van der Waals surface area contributed by atoms with Crippen molar-refractivity contribution in [1.82, 2.24) is 10.0 Å². The molecule has 49 heavy (non-hydrogen) atoms. The van der Waals surface area contributed by atoms with Gasteiger partial charge in [0, 0.05) is 55.0 Å². The standard InChI is InChI=1S/C32H41Cl2N5O8S2/c1-6-35-47-49(44,45)17-11-15-39-27-19-23(32(40)46-5)25(34)21-29(27)37(8-3)31(39)13-9-12-30-36(7-2)28-20-24(33)22(4)18-26(28)38(30)14-10-16-48(41,42)43/h9,12-13,18-21,35H,6-8,10-11,14-17H2,1-5H3. The van der Waals surface area contributed by atoms with Gasteiger partial charge in [-0.3, -0.25) is 0 Å². The summed E-state index contributed by atoms with van der Waals surface area (Å²) in [6.07, 6.45) is 5.94. The molecule has 0 radical (unpaired) electrons. The number of hydrogen-bond donors (Lipinski definition) is 1. The second-order valence-electron chi connectivity index (χ2n) is 11.2. The van der Waals surface area contributed by atoms with Crippen molar-refractivity contribution < 1.29 is 39.8 Å². The quantitative estimate of drug-likeness (QED) is 0.0932. The van der Waals surface area contributed by atoms with Crippen LogP contribution in [0.2, 0.25) is 10.0 Å². The highest BCUT2D eigenvalue weighted by molar-refractivity contribution is 7.86. The molecule has 0 spiro atoms. The molecule has 1 aliphatic heterocycles. The maximum atomic E-state index is 12.6. The number of carbonyl (C=O) groups is 1. The Morgan fingerprint density at radius 3 is 2.33 bits per heavy atom. The summed E-state index contributed by atoms with van der Waals surface area (Å²) in [5.41, 5.74) is 6.48. The van der Waals surface area contributed by atoms with Crippen LogP contribution in [-0.2, 0) is 42.3 Å². The van der Waals surface area contributed by atoms with Crippen molar-refractivity contribution in [2.45, 2.75) is 53.6 Å². The molecule has 17 heteroatoms. The molecule has 268 valence electrons. The van der Waals surface area contributed by atoms with Crippen LogP contribution < -0.4 is 19.8 Å². The van der Waals surface area contributed by atoms with Crippen molar-refractivity contribution in [1.29, 1.82) is 0 Å². The Morgan fingerprint density at radius 2 is 1.69 bits per heavy atom. The number of fused-ring (bicyclic) bond motifs is 2. The number of esters is 1. The molecular formula is C32H41Cl2N5O8S2. The lowest BCUT2D eigenvalue weighted by Crippen LogP contribution is -2.38. The molecule has 3 aromatic rings. The normalized spacial score (nSPS) is 14.5. The molecular weight excluding hydrogens is 717 g/mol. The number of anilines is 2. The Hall–Kier alpha value is -3.18. The molecule has 0 amide bonds. The van der Waals surface area contributed by atoms with E-state index in [0.29, 0.717) is 36.0 Å². The molecule has 4 rings (SSSR count). The highest BCUT2D eigenvalue weighted by Gasteiger charge is 2.31. The summed E-state index contributed by atoms with van der Waals surface area (Å²) in [6, 6.07) is 7.14. The predicted molar refractivity (Wildman–Crippen MR) is 190 cm³/mol. The first-order valence-corrected chi connectivity index (χ1v) is 19.7. The largest absolute Gasteiger partial charge is 0.748 e. The molecule has 0 unspecified atom stereocenters. The third-order valence-electron chi connectivity index (χ3n) is 8.00. The zero-order valence-electron chi connectivity index (χ0n) is 28.0. The molecule has 2 heterocycles. The fourth-order valence-electron chi connectivity index (χ4n) is 5.83. The number of halogens is 2. The van der Waals surface area contributed by atoms with Crippen LogP contribution in [0.1, 0.15) is 55.4 Å². The molecule has 2 aromatic carbocycles. The van der Waals surface area contributed by atoms with Crippen LogP contribution in [0.25, 0.3) is 17.1 Å². The average Bonchev–Trinajstić information content (AvgIpc) is 3.48. The van der Waals surface area contributed by atoms with Crippen LogP contribution >= 0.6 is 23.2 Å². The lowest BCUT2D eigenvalue weighted by molar-refractivity contribution is -0.673. The van der Waals surface area contributed by atoms with Crippen LogP contribution in [0.4, 0.5) is 11.4 Å². The van der Waals surface area contributed by atoms with Crippen molar-refractivity contribution in [2.75, 3.05) is 48.0 Å². The van der Waals surface area contributed by atoms with Crippen molar-refractivity contribution in [3.63, 3.8) is 0 Å². The summed E-state index contributed by atoms with van der Waals surface area (Å²) in [4.78, 5) is 16.6. The molecule has 0 saturated heterocycles. The Morgan fingerprint density at radius 1 is 0.980 bits per heavy atom. The first-order chi connectivity index (χ1) is 23.2. The van der Waals surface area contributed by atoms with E-state index in [9.17, 15) is 26.2 Å². The number of aromatic nitrogens is 2. The number of imidazole rings is 1. The van der Waals surface area contributed by atoms with Crippen molar-refractivity contribution in [3.8, 4) is 0 Å². The summed E-state index contributed by atoms with van der Waals surface area (Å²) in [5, 5.41) is 0.803. The number of nitrogens with zero attached hydrogens (tertiary/aromatic N) is 4. The van der Waals surface area contributed by atoms with Gasteiger partial charge in [0.25, 0.3) is 15.9 Å². The van der Waals surface area contributed by atoms with E-state index in [1.165, 1.54) is 7.11 Å². The predicted octanol–water partition coefficient (Wildman–Crippen LogP) is 4.75. The highest BCUT2D eigenvalue weighted by Crippen LogP contribution is 2.44. The number of methoxy groups -OCH3 is 1. The number of benzene rings is 2. The van der Waals surface area contributed by atoms with E-state index in [1.54, 1.807) is 19.1 Å². The van der Waals surface area contributed by atoms with Gasteiger partial charge in [-0.15, -0.1) is 0 Å². The van der Waals surface area contributed by atoms with E-state index in [1.807, 2.05) is 65.2 Å². The SMILES string of the molecule is CCNOS(=O)(=O)CCC[n+]1c(/C=C/C=C2\N(CC)c3cc(Cl)c(C)cc3N2CCCS(=O)(=O)[O-])n(CC)c2cc(Cl)c(C(=O)OC)cc21. The minimum Gasteiger partial charge on any atom is -0.748 e. The van der Waals surface area contributed by atoms with Gasteiger partial charge in [0.05, 0.1) is 58.0 Å². The molecule has 1 N–H and O–H groups in total. The number of hydrogen-bond acceptors (Lipinski definition) is 11. The number of allylic oxidation sites excluding steroid dienone is 2. The Balaban J connectivity index is 1.82. The van der Waals surface area contributed by atoms with E-state index in [2.05, 4.69) is 10.4 Å². The van der Waals surface area contributed by atoms with E-state index >= 15 is 0 Å². The zero-order valence-corrected chi connectivity index (χ0v) is 31.2. The number of ether oxygens (including phenoxy) is 1. The number of hydroxylamine groups is 1. The Labute approximate surface area is 297 Å². The first-order valence-electron chi connectivity index (χ1n) is 15.8. The lowest BCUT2D eigenvalue weighted by atomic mass is 10.2. The van der Waals surface area contributed by atoms with Crippen molar-refractivity contribution in [2.24, 2.45) is 0 Å². The van der Waals surface area contributed by atoms with Gasteiger partial charge < -0.3 is 19.1 Å². The van der Waals surface area contributed by atoms with E-state index < -0.39 is 32.0 Å². The number of nitrogens with one attached hydrogen (secondary N) is 1. The lowest BCUT2D eigenvalue weighted by Gasteiger charge is -2.24. The summed E-state index contributed by atoms with van der Waals surface area (Å²) < 4.78 is 72.8. The topological polar surface area (TPSA) is 154 Å². The maximum Gasteiger partial charge on any atom is 0.339 e. The third-order valence-corrected chi connectivity index (χ3v) is 10.7.